The monoisotopic (exact) mass is 194 g/mol. The Labute approximate surface area is 83.4 Å². The minimum absolute atomic E-state index is 0.190. The van der Waals surface area contributed by atoms with E-state index in [1.54, 1.807) is 12.2 Å². The number of hydrogen-bond acceptors (Lipinski definition) is 2. The van der Waals surface area contributed by atoms with E-state index in [9.17, 15) is 9.59 Å². The van der Waals surface area contributed by atoms with Crippen LogP contribution in [-0.2, 0) is 9.59 Å². The highest BCUT2D eigenvalue weighted by atomic mass is 16.2. The van der Waals surface area contributed by atoms with Crippen molar-refractivity contribution >= 4 is 11.8 Å². The molecule has 0 fully saturated rings. The van der Waals surface area contributed by atoms with Crippen molar-refractivity contribution in [3.8, 4) is 0 Å². The second-order valence-corrected chi connectivity index (χ2v) is 2.75. The summed E-state index contributed by atoms with van der Waals surface area (Å²) in [5.41, 5.74) is 0.896. The molecule has 4 nitrogen and oxygen atoms in total. The summed E-state index contributed by atoms with van der Waals surface area (Å²) in [5.74, 6) is -0.380. The van der Waals surface area contributed by atoms with E-state index in [4.69, 9.17) is 0 Å². The minimum atomic E-state index is -0.190. The number of amides is 2. The molecular formula is C10H14N2O2. The van der Waals surface area contributed by atoms with Gasteiger partial charge in [0.05, 0.1) is 0 Å². The summed E-state index contributed by atoms with van der Waals surface area (Å²) in [4.78, 5) is 21.2. The molecular weight excluding hydrogens is 180 g/mol. The topological polar surface area (TPSA) is 58.2 Å². The van der Waals surface area contributed by atoms with Gasteiger partial charge in [0, 0.05) is 25.2 Å². The van der Waals surface area contributed by atoms with Gasteiger partial charge in [-0.25, -0.2) is 0 Å². The first-order chi connectivity index (χ1) is 6.41. The lowest BCUT2D eigenvalue weighted by Gasteiger charge is -2.01. The standard InChI is InChI=1S/C10H14N2O2/c1-7(11-9(3)13)5-6-8(2)12-10(4)14/h5-6H,1-2H2,3-4H3,(H,11,13)(H,12,14)/b6-5-. The van der Waals surface area contributed by atoms with Crippen LogP contribution in [0.25, 0.3) is 0 Å². The molecule has 76 valence electrons. The number of carbonyl (C=O) groups is 2. The van der Waals surface area contributed by atoms with Crippen LogP contribution >= 0.6 is 0 Å². The molecule has 0 rings (SSSR count). The van der Waals surface area contributed by atoms with Crippen molar-refractivity contribution in [2.75, 3.05) is 0 Å². The first-order valence-electron chi connectivity index (χ1n) is 4.03. The van der Waals surface area contributed by atoms with Gasteiger partial charge in [0.1, 0.15) is 0 Å². The second-order valence-electron chi connectivity index (χ2n) is 2.75. The maximum absolute atomic E-state index is 10.6. The number of rotatable bonds is 4. The smallest absolute Gasteiger partial charge is 0.221 e. The summed E-state index contributed by atoms with van der Waals surface area (Å²) in [6, 6.07) is 0. The molecule has 0 saturated heterocycles. The van der Waals surface area contributed by atoms with E-state index in [-0.39, 0.29) is 11.8 Å². The van der Waals surface area contributed by atoms with Crippen LogP contribution in [0.5, 0.6) is 0 Å². The molecule has 0 aliphatic rings. The number of allylic oxidation sites excluding steroid dienone is 2. The lowest BCUT2D eigenvalue weighted by molar-refractivity contribution is -0.119. The number of hydrogen-bond donors (Lipinski definition) is 2. The third-order valence-electron chi connectivity index (χ3n) is 1.16. The van der Waals surface area contributed by atoms with Gasteiger partial charge in [0.15, 0.2) is 0 Å². The van der Waals surface area contributed by atoms with Gasteiger partial charge in [-0.2, -0.15) is 0 Å². The molecule has 0 radical (unpaired) electrons. The summed E-state index contributed by atoms with van der Waals surface area (Å²) < 4.78 is 0. The molecule has 0 spiro atoms. The molecule has 0 aromatic rings. The van der Waals surface area contributed by atoms with Crippen molar-refractivity contribution in [3.05, 3.63) is 36.7 Å². The lowest BCUT2D eigenvalue weighted by atomic mass is 10.3. The Morgan fingerprint density at radius 1 is 0.929 bits per heavy atom. The molecule has 0 aromatic carbocycles. The van der Waals surface area contributed by atoms with E-state index >= 15 is 0 Å². The van der Waals surface area contributed by atoms with Crippen molar-refractivity contribution in [1.82, 2.24) is 10.6 Å². The van der Waals surface area contributed by atoms with Gasteiger partial charge in [-0.1, -0.05) is 13.2 Å². The summed E-state index contributed by atoms with van der Waals surface area (Å²) >= 11 is 0. The summed E-state index contributed by atoms with van der Waals surface area (Å²) in [5, 5.41) is 4.95. The summed E-state index contributed by atoms with van der Waals surface area (Å²) in [7, 11) is 0. The van der Waals surface area contributed by atoms with Gasteiger partial charge in [-0.3, -0.25) is 9.59 Å². The number of nitrogens with one attached hydrogen (secondary N) is 2. The Morgan fingerprint density at radius 3 is 1.43 bits per heavy atom. The lowest BCUT2D eigenvalue weighted by Crippen LogP contribution is -2.18. The van der Waals surface area contributed by atoms with Crippen LogP contribution < -0.4 is 10.6 Å². The highest BCUT2D eigenvalue weighted by Crippen LogP contribution is 1.92. The van der Waals surface area contributed by atoms with Crippen LogP contribution in [0, 0.1) is 0 Å². The van der Waals surface area contributed by atoms with Crippen LogP contribution in [0.2, 0.25) is 0 Å². The Bertz CT molecular complexity index is 273. The van der Waals surface area contributed by atoms with Crippen LogP contribution in [0.1, 0.15) is 13.8 Å². The first kappa shape index (κ1) is 12.2. The number of carbonyl (C=O) groups excluding carboxylic acids is 2. The normalized spacial score (nSPS) is 9.57. The van der Waals surface area contributed by atoms with E-state index in [0.29, 0.717) is 11.4 Å². The minimum Gasteiger partial charge on any atom is -0.327 e. The van der Waals surface area contributed by atoms with E-state index in [1.807, 2.05) is 0 Å². The summed E-state index contributed by atoms with van der Waals surface area (Å²) in [6.07, 6.45) is 3.11. The molecule has 0 aromatic heterocycles. The third kappa shape index (κ3) is 6.84. The maximum Gasteiger partial charge on any atom is 0.221 e. The second kappa shape index (κ2) is 5.75. The Balaban J connectivity index is 4.04. The van der Waals surface area contributed by atoms with Gasteiger partial charge in [-0.05, 0) is 12.2 Å². The predicted octanol–water partition coefficient (Wildman–Crippen LogP) is 0.842. The SMILES string of the molecule is C=C(/C=C\C(=C)NC(C)=O)NC(C)=O. The van der Waals surface area contributed by atoms with E-state index in [2.05, 4.69) is 23.8 Å². The quantitative estimate of drug-likeness (QED) is 0.651. The van der Waals surface area contributed by atoms with E-state index in [0.717, 1.165) is 0 Å². The van der Waals surface area contributed by atoms with Crippen molar-refractivity contribution in [3.63, 3.8) is 0 Å². The average Bonchev–Trinajstić information content (AvgIpc) is 1.98. The Hall–Kier alpha value is -1.84. The molecule has 2 amide bonds. The van der Waals surface area contributed by atoms with E-state index in [1.165, 1.54) is 13.8 Å². The zero-order chi connectivity index (χ0) is 11.1. The van der Waals surface area contributed by atoms with Crippen molar-refractivity contribution in [1.29, 1.82) is 0 Å². The molecule has 0 bridgehead atoms. The third-order valence-corrected chi connectivity index (χ3v) is 1.16. The van der Waals surface area contributed by atoms with Crippen molar-refractivity contribution < 1.29 is 9.59 Å². The van der Waals surface area contributed by atoms with Crippen LogP contribution in [0.4, 0.5) is 0 Å². The van der Waals surface area contributed by atoms with Crippen molar-refractivity contribution in [2.45, 2.75) is 13.8 Å². The van der Waals surface area contributed by atoms with Gasteiger partial charge in [0.2, 0.25) is 11.8 Å². The fourth-order valence-corrected chi connectivity index (χ4v) is 0.737. The summed E-state index contributed by atoms with van der Waals surface area (Å²) in [6.45, 7) is 9.93. The van der Waals surface area contributed by atoms with Gasteiger partial charge < -0.3 is 10.6 Å². The Morgan fingerprint density at radius 2 is 1.21 bits per heavy atom. The zero-order valence-corrected chi connectivity index (χ0v) is 8.39. The van der Waals surface area contributed by atoms with Gasteiger partial charge in [-0.15, -0.1) is 0 Å². The van der Waals surface area contributed by atoms with Gasteiger partial charge >= 0.3 is 0 Å². The molecule has 0 aliphatic carbocycles. The molecule has 0 aliphatic heterocycles. The van der Waals surface area contributed by atoms with E-state index < -0.39 is 0 Å². The molecule has 2 N–H and O–H groups in total. The largest absolute Gasteiger partial charge is 0.327 e. The zero-order valence-electron chi connectivity index (χ0n) is 8.39. The van der Waals surface area contributed by atoms with Crippen LogP contribution in [-0.4, -0.2) is 11.8 Å². The Kier molecular flexibility index (Phi) is 4.99. The fourth-order valence-electron chi connectivity index (χ4n) is 0.737. The predicted molar refractivity (Wildman–Crippen MR) is 55.1 cm³/mol. The van der Waals surface area contributed by atoms with Crippen LogP contribution in [0.15, 0.2) is 36.7 Å². The molecule has 0 unspecified atom stereocenters. The highest BCUT2D eigenvalue weighted by Gasteiger charge is 1.93. The molecule has 0 heterocycles. The average molecular weight is 194 g/mol. The highest BCUT2D eigenvalue weighted by molar-refractivity contribution is 5.76. The molecule has 4 heteroatoms. The van der Waals surface area contributed by atoms with Gasteiger partial charge in [0.25, 0.3) is 0 Å². The maximum atomic E-state index is 10.6. The molecule has 0 saturated carbocycles. The molecule has 14 heavy (non-hydrogen) atoms. The molecule has 0 atom stereocenters. The van der Waals surface area contributed by atoms with Crippen LogP contribution in [0.3, 0.4) is 0 Å². The fraction of sp³-hybridized carbons (Fsp3) is 0.200. The van der Waals surface area contributed by atoms with Crippen molar-refractivity contribution in [2.24, 2.45) is 0 Å². The first-order valence-corrected chi connectivity index (χ1v) is 4.03.